The first kappa shape index (κ1) is 14.3. The Kier molecular flexibility index (Phi) is 3.67. The number of esters is 1. The van der Waals surface area contributed by atoms with Crippen LogP contribution in [0.5, 0.6) is 0 Å². The van der Waals surface area contributed by atoms with E-state index < -0.39 is 11.5 Å². The van der Waals surface area contributed by atoms with E-state index >= 15 is 0 Å². The second-order valence-corrected chi connectivity index (χ2v) is 5.24. The molecule has 1 heterocycles. The van der Waals surface area contributed by atoms with E-state index in [-0.39, 0.29) is 5.97 Å². The summed E-state index contributed by atoms with van der Waals surface area (Å²) in [5.41, 5.74) is 1.24. The Morgan fingerprint density at radius 2 is 1.68 bits per heavy atom. The van der Waals surface area contributed by atoms with Crippen molar-refractivity contribution in [1.29, 1.82) is 0 Å². The third-order valence-electron chi connectivity index (χ3n) is 4.10. The lowest BCUT2D eigenvalue weighted by Crippen LogP contribution is -2.45. The van der Waals surface area contributed by atoms with Gasteiger partial charge in [-0.05, 0) is 18.1 Å². The topological polar surface area (TPSA) is 47.9 Å². The molecule has 1 unspecified atom stereocenters. The Bertz CT molecular complexity index is 697. The smallest absolute Gasteiger partial charge is 0.326 e. The first-order valence-electron chi connectivity index (χ1n) is 7.11. The molecule has 22 heavy (non-hydrogen) atoms. The van der Waals surface area contributed by atoms with Crippen molar-refractivity contribution in [3.63, 3.8) is 0 Å². The van der Waals surface area contributed by atoms with Gasteiger partial charge in [-0.15, -0.1) is 0 Å². The number of methoxy groups -OCH3 is 1. The van der Waals surface area contributed by atoms with Crippen LogP contribution in [0.4, 0.5) is 0 Å². The first-order chi connectivity index (χ1) is 10.7. The number of ether oxygens (including phenoxy) is 1. The average Bonchev–Trinajstić information content (AvgIpc) is 2.94. The summed E-state index contributed by atoms with van der Waals surface area (Å²) in [6.07, 6.45) is -0.538. The molecule has 0 amide bonds. The molecule has 1 aliphatic heterocycles. The summed E-state index contributed by atoms with van der Waals surface area (Å²) in [6, 6.07) is 19.1. The second kappa shape index (κ2) is 5.64. The van der Waals surface area contributed by atoms with E-state index in [0.29, 0.717) is 5.71 Å². The summed E-state index contributed by atoms with van der Waals surface area (Å²) in [4.78, 5) is 18.4. The zero-order valence-electron chi connectivity index (χ0n) is 12.5. The van der Waals surface area contributed by atoms with Crippen LogP contribution < -0.4 is 0 Å². The number of benzene rings is 2. The molecule has 0 fully saturated rings. The van der Waals surface area contributed by atoms with E-state index in [2.05, 4.69) is 5.16 Å². The first-order valence-corrected chi connectivity index (χ1v) is 7.11. The highest BCUT2D eigenvalue weighted by atomic mass is 16.6. The van der Waals surface area contributed by atoms with E-state index in [4.69, 9.17) is 9.57 Å². The van der Waals surface area contributed by atoms with Crippen molar-refractivity contribution in [2.75, 3.05) is 7.11 Å². The molecule has 1 aliphatic rings. The van der Waals surface area contributed by atoms with E-state index in [1.54, 1.807) is 6.92 Å². The molecule has 0 radical (unpaired) electrons. The summed E-state index contributed by atoms with van der Waals surface area (Å²) in [5, 5.41) is 4.11. The third-order valence-corrected chi connectivity index (χ3v) is 4.10. The number of hydrogen-bond donors (Lipinski definition) is 0. The molecule has 0 aromatic heterocycles. The minimum absolute atomic E-state index is 0.369. The van der Waals surface area contributed by atoms with Crippen molar-refractivity contribution in [1.82, 2.24) is 0 Å². The number of rotatable bonds is 3. The van der Waals surface area contributed by atoms with Gasteiger partial charge in [-0.1, -0.05) is 65.8 Å². The molecule has 2 aromatic carbocycles. The largest absolute Gasteiger partial charge is 0.468 e. The number of carbonyl (C=O) groups is 1. The zero-order valence-corrected chi connectivity index (χ0v) is 12.5. The monoisotopic (exact) mass is 295 g/mol. The van der Waals surface area contributed by atoms with Crippen LogP contribution in [0, 0.1) is 0 Å². The standard InChI is InChI=1S/C18H17NO3/c1-13-18(17(20)21-2,15-11-7-4-8-12-15)16(22-19-13)14-9-5-3-6-10-14/h3-12,16H,1-2H3/t16?,18-/m1/s1. The van der Waals surface area contributed by atoms with Crippen LogP contribution >= 0.6 is 0 Å². The van der Waals surface area contributed by atoms with Gasteiger partial charge in [-0.3, -0.25) is 4.79 Å². The van der Waals surface area contributed by atoms with Crippen LogP contribution in [0.3, 0.4) is 0 Å². The maximum Gasteiger partial charge on any atom is 0.326 e. The Morgan fingerprint density at radius 3 is 2.27 bits per heavy atom. The molecule has 0 aliphatic carbocycles. The Balaban J connectivity index is 2.21. The fourth-order valence-electron chi connectivity index (χ4n) is 3.01. The summed E-state index contributed by atoms with van der Waals surface area (Å²) in [5.74, 6) is -0.369. The van der Waals surface area contributed by atoms with Crippen LogP contribution in [-0.4, -0.2) is 18.8 Å². The van der Waals surface area contributed by atoms with Crippen molar-refractivity contribution >= 4 is 11.7 Å². The molecule has 0 N–H and O–H groups in total. The van der Waals surface area contributed by atoms with Gasteiger partial charge in [0.05, 0.1) is 12.8 Å². The van der Waals surface area contributed by atoms with E-state index in [1.807, 2.05) is 60.7 Å². The Hall–Kier alpha value is -2.62. The lowest BCUT2D eigenvalue weighted by molar-refractivity contribution is -0.148. The molecule has 0 bridgehead atoms. The molecular weight excluding hydrogens is 278 g/mol. The average molecular weight is 295 g/mol. The molecule has 3 rings (SSSR count). The fraction of sp³-hybridized carbons (Fsp3) is 0.222. The predicted octanol–water partition coefficient (Wildman–Crippen LogP) is 3.24. The van der Waals surface area contributed by atoms with Gasteiger partial charge in [0.1, 0.15) is 0 Å². The van der Waals surface area contributed by atoms with Gasteiger partial charge in [-0.25, -0.2) is 0 Å². The van der Waals surface area contributed by atoms with Gasteiger partial charge < -0.3 is 9.57 Å². The normalized spacial score (nSPS) is 23.5. The van der Waals surface area contributed by atoms with Crippen LogP contribution in [0.25, 0.3) is 0 Å². The molecule has 2 atom stereocenters. The van der Waals surface area contributed by atoms with Gasteiger partial charge in [0.15, 0.2) is 11.5 Å². The maximum atomic E-state index is 12.7. The summed E-state index contributed by atoms with van der Waals surface area (Å²) in [7, 11) is 1.39. The highest BCUT2D eigenvalue weighted by Gasteiger charge is 2.57. The molecular formula is C18H17NO3. The van der Waals surface area contributed by atoms with E-state index in [9.17, 15) is 4.79 Å². The molecule has 2 aromatic rings. The number of hydrogen-bond acceptors (Lipinski definition) is 4. The SMILES string of the molecule is COC(=O)[C@@]1(c2ccccc2)C(C)=NOC1c1ccccc1. The number of carbonyl (C=O) groups excluding carboxylic acids is 1. The molecule has 0 saturated carbocycles. The Morgan fingerprint density at radius 1 is 1.09 bits per heavy atom. The molecule has 112 valence electrons. The van der Waals surface area contributed by atoms with Crippen LogP contribution in [-0.2, 0) is 19.8 Å². The van der Waals surface area contributed by atoms with Gasteiger partial charge in [0.25, 0.3) is 0 Å². The molecule has 0 spiro atoms. The van der Waals surface area contributed by atoms with Crippen molar-refractivity contribution in [3.05, 3.63) is 71.8 Å². The summed E-state index contributed by atoms with van der Waals surface area (Å²) in [6.45, 7) is 1.80. The van der Waals surface area contributed by atoms with Crippen molar-refractivity contribution in [2.45, 2.75) is 18.4 Å². The van der Waals surface area contributed by atoms with Gasteiger partial charge in [-0.2, -0.15) is 0 Å². The van der Waals surface area contributed by atoms with Crippen LogP contribution in [0.1, 0.15) is 24.2 Å². The number of nitrogens with zero attached hydrogens (tertiary/aromatic N) is 1. The Labute approximate surface area is 129 Å². The minimum atomic E-state index is -1.06. The molecule has 4 nitrogen and oxygen atoms in total. The number of oxime groups is 1. The summed E-state index contributed by atoms with van der Waals surface area (Å²) >= 11 is 0. The van der Waals surface area contributed by atoms with Gasteiger partial charge in [0.2, 0.25) is 0 Å². The highest BCUT2D eigenvalue weighted by Crippen LogP contribution is 2.46. The van der Waals surface area contributed by atoms with Crippen molar-refractivity contribution < 1.29 is 14.4 Å². The molecule has 4 heteroatoms. The second-order valence-electron chi connectivity index (χ2n) is 5.24. The third kappa shape index (κ3) is 1.99. The molecule has 0 saturated heterocycles. The fourth-order valence-corrected chi connectivity index (χ4v) is 3.01. The summed E-state index contributed by atoms with van der Waals surface area (Å²) < 4.78 is 5.11. The lowest BCUT2D eigenvalue weighted by Gasteiger charge is -2.31. The highest BCUT2D eigenvalue weighted by molar-refractivity contribution is 6.12. The minimum Gasteiger partial charge on any atom is -0.468 e. The van der Waals surface area contributed by atoms with E-state index in [0.717, 1.165) is 11.1 Å². The predicted molar refractivity (Wildman–Crippen MR) is 83.5 cm³/mol. The zero-order chi connectivity index (χ0) is 15.6. The van der Waals surface area contributed by atoms with Gasteiger partial charge >= 0.3 is 5.97 Å². The van der Waals surface area contributed by atoms with Crippen LogP contribution in [0.15, 0.2) is 65.8 Å². The van der Waals surface area contributed by atoms with E-state index in [1.165, 1.54) is 7.11 Å². The van der Waals surface area contributed by atoms with Crippen LogP contribution in [0.2, 0.25) is 0 Å². The van der Waals surface area contributed by atoms with Crippen molar-refractivity contribution in [2.24, 2.45) is 5.16 Å². The lowest BCUT2D eigenvalue weighted by atomic mass is 9.70. The van der Waals surface area contributed by atoms with Gasteiger partial charge in [0, 0.05) is 0 Å². The maximum absolute atomic E-state index is 12.7. The quantitative estimate of drug-likeness (QED) is 0.817. The van der Waals surface area contributed by atoms with Crippen molar-refractivity contribution in [3.8, 4) is 0 Å².